The van der Waals surface area contributed by atoms with Crippen molar-refractivity contribution in [1.29, 1.82) is 10.5 Å². The Hall–Kier alpha value is -4.02. The van der Waals surface area contributed by atoms with E-state index in [1.807, 2.05) is 17.0 Å². The summed E-state index contributed by atoms with van der Waals surface area (Å²) in [4.78, 5) is 29.2. The Labute approximate surface area is 244 Å². The van der Waals surface area contributed by atoms with Gasteiger partial charge < -0.3 is 15.0 Å². The second kappa shape index (κ2) is 12.9. The Kier molecular flexibility index (Phi) is 9.03. The van der Waals surface area contributed by atoms with E-state index < -0.39 is 17.2 Å². The highest BCUT2D eigenvalue weighted by molar-refractivity contribution is 5.78. The molecular formula is C32H35F2N5O3. The fraction of sp³-hybridized carbons (Fsp3) is 0.500. The SMILES string of the molecule is N#Cc1ccc(CCNC(=O)C2CCC(CN3CC4(CCN(Cc5c(F)cc(C#N)cc5F)CC4)OC3=O)CC2)cc1. The Bertz CT molecular complexity index is 1360. The van der Waals surface area contributed by atoms with E-state index in [0.29, 0.717) is 63.5 Å². The Morgan fingerprint density at radius 3 is 2.26 bits per heavy atom. The normalized spacial score (nSPS) is 21.9. The molecule has 220 valence electrons. The molecule has 3 aliphatic rings. The van der Waals surface area contributed by atoms with Crippen LogP contribution in [0.15, 0.2) is 36.4 Å². The van der Waals surface area contributed by atoms with Crippen molar-refractivity contribution in [2.75, 3.05) is 32.7 Å². The molecule has 5 rings (SSSR count). The van der Waals surface area contributed by atoms with Crippen LogP contribution in [0.2, 0.25) is 0 Å². The molecule has 2 aliphatic heterocycles. The van der Waals surface area contributed by atoms with Gasteiger partial charge in [-0.05, 0) is 67.9 Å². The summed E-state index contributed by atoms with van der Waals surface area (Å²) < 4.78 is 34.6. The third-order valence-electron chi connectivity index (χ3n) is 8.95. The molecule has 1 spiro atoms. The zero-order chi connectivity index (χ0) is 29.7. The molecule has 2 saturated heterocycles. The molecule has 10 heteroatoms. The van der Waals surface area contributed by atoms with Gasteiger partial charge in [0, 0.05) is 57.0 Å². The topological polar surface area (TPSA) is 109 Å². The lowest BCUT2D eigenvalue weighted by Crippen LogP contribution is -2.47. The summed E-state index contributed by atoms with van der Waals surface area (Å²) in [6, 6.07) is 13.4. The summed E-state index contributed by atoms with van der Waals surface area (Å²) in [5, 5.41) is 20.9. The van der Waals surface area contributed by atoms with E-state index in [1.54, 1.807) is 23.1 Å². The number of halogens is 2. The number of carbonyl (C=O) groups is 2. The number of nitrogens with one attached hydrogen (secondary N) is 1. The number of nitrogens with zero attached hydrogens (tertiary/aromatic N) is 4. The van der Waals surface area contributed by atoms with Crippen molar-refractivity contribution in [3.05, 3.63) is 70.3 Å². The van der Waals surface area contributed by atoms with Crippen LogP contribution in [0, 0.1) is 46.1 Å². The van der Waals surface area contributed by atoms with Crippen molar-refractivity contribution < 1.29 is 23.1 Å². The van der Waals surface area contributed by atoms with Gasteiger partial charge in [-0.1, -0.05) is 12.1 Å². The lowest BCUT2D eigenvalue weighted by Gasteiger charge is -2.37. The van der Waals surface area contributed by atoms with Crippen LogP contribution in [0.4, 0.5) is 13.6 Å². The summed E-state index contributed by atoms with van der Waals surface area (Å²) in [7, 11) is 0. The number of benzene rings is 2. The van der Waals surface area contributed by atoms with Crippen LogP contribution in [0.5, 0.6) is 0 Å². The molecule has 2 amide bonds. The van der Waals surface area contributed by atoms with Crippen molar-refractivity contribution in [2.45, 2.75) is 57.1 Å². The molecule has 0 atom stereocenters. The number of ether oxygens (including phenoxy) is 1. The maximum absolute atomic E-state index is 14.4. The predicted molar refractivity (Wildman–Crippen MR) is 150 cm³/mol. The van der Waals surface area contributed by atoms with E-state index in [-0.39, 0.29) is 35.6 Å². The van der Waals surface area contributed by atoms with Crippen LogP contribution in [0.3, 0.4) is 0 Å². The van der Waals surface area contributed by atoms with Crippen LogP contribution in [-0.4, -0.2) is 60.1 Å². The number of likely N-dealkylation sites (tertiary alicyclic amines) is 1. The third-order valence-corrected chi connectivity index (χ3v) is 8.95. The first-order valence-electron chi connectivity index (χ1n) is 14.6. The predicted octanol–water partition coefficient (Wildman–Crippen LogP) is 4.66. The van der Waals surface area contributed by atoms with Crippen LogP contribution in [0.25, 0.3) is 0 Å². The Morgan fingerprint density at radius 1 is 1.00 bits per heavy atom. The maximum Gasteiger partial charge on any atom is 0.410 e. The molecule has 2 aromatic rings. The van der Waals surface area contributed by atoms with Gasteiger partial charge in [-0.15, -0.1) is 0 Å². The minimum absolute atomic E-state index is 0.0193. The van der Waals surface area contributed by atoms with Crippen LogP contribution in [0.1, 0.15) is 60.8 Å². The molecule has 2 aromatic carbocycles. The highest BCUT2D eigenvalue weighted by atomic mass is 19.1. The molecule has 1 N–H and O–H groups in total. The zero-order valence-electron chi connectivity index (χ0n) is 23.6. The van der Waals surface area contributed by atoms with Gasteiger partial charge in [0.15, 0.2) is 0 Å². The second-order valence-electron chi connectivity index (χ2n) is 11.8. The van der Waals surface area contributed by atoms with Gasteiger partial charge in [0.2, 0.25) is 5.91 Å². The molecule has 1 aliphatic carbocycles. The molecule has 0 aromatic heterocycles. The van der Waals surface area contributed by atoms with E-state index >= 15 is 0 Å². The summed E-state index contributed by atoms with van der Waals surface area (Å²) in [6.45, 7) is 2.87. The smallest absolute Gasteiger partial charge is 0.410 e. The number of piperidine rings is 1. The van der Waals surface area contributed by atoms with Gasteiger partial charge >= 0.3 is 6.09 Å². The largest absolute Gasteiger partial charge is 0.441 e. The number of hydrogen-bond donors (Lipinski definition) is 1. The highest BCUT2D eigenvalue weighted by Gasteiger charge is 2.47. The van der Waals surface area contributed by atoms with Crippen molar-refractivity contribution in [3.8, 4) is 12.1 Å². The minimum Gasteiger partial charge on any atom is -0.441 e. The van der Waals surface area contributed by atoms with Crippen LogP contribution in [-0.2, 0) is 22.5 Å². The van der Waals surface area contributed by atoms with Gasteiger partial charge in [0.1, 0.15) is 17.2 Å². The standard InChI is InChI=1S/C32H35F2N5O3/c33-28-15-25(18-36)16-29(34)27(28)20-38-13-10-32(11-14-38)21-39(31(41)42-32)19-24-5-7-26(8-6-24)30(40)37-12-9-22-1-3-23(17-35)4-2-22/h1-4,15-16,24,26H,5-14,19-21H2,(H,37,40). The number of hydrogen-bond acceptors (Lipinski definition) is 6. The Morgan fingerprint density at radius 2 is 1.64 bits per heavy atom. The zero-order valence-corrected chi connectivity index (χ0v) is 23.6. The maximum atomic E-state index is 14.4. The lowest BCUT2D eigenvalue weighted by molar-refractivity contribution is -0.126. The molecular weight excluding hydrogens is 540 g/mol. The van der Waals surface area contributed by atoms with Crippen LogP contribution >= 0.6 is 0 Å². The van der Waals surface area contributed by atoms with Crippen LogP contribution < -0.4 is 5.32 Å². The van der Waals surface area contributed by atoms with E-state index in [4.69, 9.17) is 15.3 Å². The Balaban J connectivity index is 1.03. The van der Waals surface area contributed by atoms with E-state index in [1.165, 1.54) is 0 Å². The summed E-state index contributed by atoms with van der Waals surface area (Å²) in [6.07, 6.45) is 4.91. The van der Waals surface area contributed by atoms with Gasteiger partial charge in [-0.25, -0.2) is 13.6 Å². The van der Waals surface area contributed by atoms with Crippen molar-refractivity contribution >= 4 is 12.0 Å². The molecule has 0 radical (unpaired) electrons. The van der Waals surface area contributed by atoms with Crippen molar-refractivity contribution in [1.82, 2.24) is 15.1 Å². The molecule has 8 nitrogen and oxygen atoms in total. The van der Waals surface area contributed by atoms with Crippen molar-refractivity contribution in [2.24, 2.45) is 11.8 Å². The van der Waals surface area contributed by atoms with Gasteiger partial charge in [0.05, 0.1) is 29.8 Å². The summed E-state index contributed by atoms with van der Waals surface area (Å²) in [5.41, 5.74) is 1.02. The third kappa shape index (κ3) is 6.88. The fourth-order valence-electron chi connectivity index (χ4n) is 6.39. The van der Waals surface area contributed by atoms with Gasteiger partial charge in [0.25, 0.3) is 0 Å². The monoisotopic (exact) mass is 575 g/mol. The van der Waals surface area contributed by atoms with Crippen molar-refractivity contribution in [3.63, 3.8) is 0 Å². The first-order chi connectivity index (χ1) is 20.3. The molecule has 0 unspecified atom stereocenters. The van der Waals surface area contributed by atoms with Gasteiger partial charge in [-0.2, -0.15) is 10.5 Å². The average molecular weight is 576 g/mol. The van der Waals surface area contributed by atoms with E-state index in [2.05, 4.69) is 11.4 Å². The first kappa shape index (κ1) is 29.5. The quantitative estimate of drug-likeness (QED) is 0.491. The number of nitriles is 2. The molecule has 42 heavy (non-hydrogen) atoms. The number of carbonyl (C=O) groups excluding carboxylic acids is 2. The summed E-state index contributed by atoms with van der Waals surface area (Å²) in [5.74, 6) is -1.07. The fourth-order valence-corrected chi connectivity index (χ4v) is 6.39. The number of amides is 2. The van der Waals surface area contributed by atoms with E-state index in [9.17, 15) is 18.4 Å². The molecule has 0 bridgehead atoms. The average Bonchev–Trinajstić information content (AvgIpc) is 3.30. The van der Waals surface area contributed by atoms with Gasteiger partial charge in [-0.3, -0.25) is 9.69 Å². The highest BCUT2D eigenvalue weighted by Crippen LogP contribution is 2.36. The first-order valence-corrected chi connectivity index (χ1v) is 14.6. The summed E-state index contributed by atoms with van der Waals surface area (Å²) >= 11 is 0. The molecule has 2 heterocycles. The second-order valence-corrected chi connectivity index (χ2v) is 11.8. The van der Waals surface area contributed by atoms with E-state index in [0.717, 1.165) is 43.4 Å². The molecule has 1 saturated carbocycles. The lowest BCUT2D eigenvalue weighted by atomic mass is 9.81. The minimum atomic E-state index is -0.722. The number of rotatable bonds is 8. The molecule has 3 fully saturated rings.